The minimum absolute atomic E-state index is 0.119. The highest BCUT2D eigenvalue weighted by Gasteiger charge is 2.16. The first-order valence-corrected chi connectivity index (χ1v) is 6.07. The fraction of sp³-hybridized carbons (Fsp3) is 0.0667. The Morgan fingerprint density at radius 2 is 1.70 bits per heavy atom. The SMILES string of the molecule is NC(c1ccc2nccnc2c1)c1cccc(F)c1F. The Hall–Kier alpha value is -2.40. The van der Waals surface area contributed by atoms with Crippen molar-refractivity contribution in [1.29, 1.82) is 0 Å². The van der Waals surface area contributed by atoms with E-state index >= 15 is 0 Å². The number of rotatable bonds is 2. The number of halogens is 2. The van der Waals surface area contributed by atoms with Crippen LogP contribution in [0.5, 0.6) is 0 Å². The predicted molar refractivity (Wildman–Crippen MR) is 71.9 cm³/mol. The van der Waals surface area contributed by atoms with Crippen LogP contribution in [0.1, 0.15) is 17.2 Å². The molecule has 0 aliphatic carbocycles. The zero-order chi connectivity index (χ0) is 14.1. The van der Waals surface area contributed by atoms with E-state index in [0.29, 0.717) is 11.1 Å². The van der Waals surface area contributed by atoms with Crippen LogP contribution >= 0.6 is 0 Å². The molecule has 5 heteroatoms. The lowest BCUT2D eigenvalue weighted by atomic mass is 9.98. The van der Waals surface area contributed by atoms with E-state index in [-0.39, 0.29) is 5.56 Å². The number of nitrogens with two attached hydrogens (primary N) is 1. The third-order valence-electron chi connectivity index (χ3n) is 3.17. The molecule has 0 aliphatic rings. The fourth-order valence-corrected chi connectivity index (χ4v) is 2.11. The second-order valence-electron chi connectivity index (χ2n) is 4.43. The second kappa shape index (κ2) is 4.94. The summed E-state index contributed by atoms with van der Waals surface area (Å²) in [6.07, 6.45) is 3.16. The number of nitrogens with zero attached hydrogens (tertiary/aromatic N) is 2. The Morgan fingerprint density at radius 1 is 0.950 bits per heavy atom. The quantitative estimate of drug-likeness (QED) is 0.779. The molecular formula is C15H11F2N3. The van der Waals surface area contributed by atoms with Gasteiger partial charge in [0.2, 0.25) is 0 Å². The molecule has 20 heavy (non-hydrogen) atoms. The molecule has 0 radical (unpaired) electrons. The third kappa shape index (κ3) is 2.12. The van der Waals surface area contributed by atoms with Gasteiger partial charge < -0.3 is 5.73 Å². The molecule has 100 valence electrons. The first-order valence-electron chi connectivity index (χ1n) is 6.07. The number of benzene rings is 2. The zero-order valence-electron chi connectivity index (χ0n) is 10.4. The lowest BCUT2D eigenvalue weighted by Crippen LogP contribution is -2.14. The Balaban J connectivity index is 2.08. The van der Waals surface area contributed by atoms with Crippen molar-refractivity contribution in [2.24, 2.45) is 5.73 Å². The summed E-state index contributed by atoms with van der Waals surface area (Å²) in [5, 5.41) is 0. The van der Waals surface area contributed by atoms with Crippen LogP contribution < -0.4 is 5.73 Å². The Kier molecular flexibility index (Phi) is 3.12. The number of hydrogen-bond acceptors (Lipinski definition) is 3. The van der Waals surface area contributed by atoms with Crippen LogP contribution in [-0.4, -0.2) is 9.97 Å². The molecule has 2 N–H and O–H groups in total. The van der Waals surface area contributed by atoms with Gasteiger partial charge in [-0.2, -0.15) is 0 Å². The van der Waals surface area contributed by atoms with Crippen LogP contribution in [-0.2, 0) is 0 Å². The zero-order valence-corrected chi connectivity index (χ0v) is 10.4. The summed E-state index contributed by atoms with van der Waals surface area (Å²) in [7, 11) is 0. The maximum absolute atomic E-state index is 13.8. The predicted octanol–water partition coefficient (Wildman–Crippen LogP) is 2.96. The van der Waals surface area contributed by atoms with Crippen LogP contribution in [0.4, 0.5) is 8.78 Å². The van der Waals surface area contributed by atoms with Crippen molar-refractivity contribution < 1.29 is 8.78 Å². The summed E-state index contributed by atoms with van der Waals surface area (Å²) in [6, 6.07) is 8.46. The molecule has 0 saturated heterocycles. The summed E-state index contributed by atoms with van der Waals surface area (Å²) in [6.45, 7) is 0. The van der Waals surface area contributed by atoms with E-state index in [4.69, 9.17) is 5.73 Å². The van der Waals surface area contributed by atoms with Gasteiger partial charge in [0.1, 0.15) is 0 Å². The van der Waals surface area contributed by atoms with Gasteiger partial charge in [-0.05, 0) is 23.8 Å². The van der Waals surface area contributed by atoms with Gasteiger partial charge >= 0.3 is 0 Å². The van der Waals surface area contributed by atoms with Crippen molar-refractivity contribution in [1.82, 2.24) is 9.97 Å². The van der Waals surface area contributed by atoms with Crippen molar-refractivity contribution >= 4 is 11.0 Å². The maximum atomic E-state index is 13.8. The molecule has 1 heterocycles. The topological polar surface area (TPSA) is 51.8 Å². The summed E-state index contributed by atoms with van der Waals surface area (Å²) >= 11 is 0. The maximum Gasteiger partial charge on any atom is 0.163 e. The third-order valence-corrected chi connectivity index (χ3v) is 3.17. The molecule has 2 aromatic carbocycles. The average molecular weight is 271 g/mol. The normalized spacial score (nSPS) is 12.6. The Labute approximate surface area is 114 Å². The molecule has 0 saturated carbocycles. The van der Waals surface area contributed by atoms with Gasteiger partial charge in [-0.25, -0.2) is 8.78 Å². The van der Waals surface area contributed by atoms with Crippen LogP contribution in [0.15, 0.2) is 48.8 Å². The molecule has 1 aromatic heterocycles. The van der Waals surface area contributed by atoms with Crippen LogP contribution in [0.3, 0.4) is 0 Å². The summed E-state index contributed by atoms with van der Waals surface area (Å²) in [5.41, 5.74) is 8.19. The van der Waals surface area contributed by atoms with Crippen LogP contribution in [0, 0.1) is 11.6 Å². The standard InChI is InChI=1S/C15H11F2N3/c16-11-3-1-2-10(14(11)17)15(18)9-4-5-12-13(8-9)20-7-6-19-12/h1-8,15H,18H2. The molecule has 3 aromatic rings. The van der Waals surface area contributed by atoms with Crippen molar-refractivity contribution in [2.45, 2.75) is 6.04 Å². The Bertz CT molecular complexity index is 774. The van der Waals surface area contributed by atoms with Crippen molar-refractivity contribution in [3.05, 3.63) is 71.6 Å². The highest BCUT2D eigenvalue weighted by molar-refractivity contribution is 5.74. The largest absolute Gasteiger partial charge is 0.320 e. The van der Waals surface area contributed by atoms with Gasteiger partial charge in [0.15, 0.2) is 11.6 Å². The number of fused-ring (bicyclic) bond motifs is 1. The first-order chi connectivity index (χ1) is 9.66. The van der Waals surface area contributed by atoms with E-state index in [1.165, 1.54) is 12.1 Å². The average Bonchev–Trinajstić information content (AvgIpc) is 2.49. The molecule has 0 bridgehead atoms. The second-order valence-corrected chi connectivity index (χ2v) is 4.43. The molecule has 1 atom stereocenters. The van der Waals surface area contributed by atoms with Crippen LogP contribution in [0.25, 0.3) is 11.0 Å². The van der Waals surface area contributed by atoms with E-state index < -0.39 is 17.7 Å². The van der Waals surface area contributed by atoms with E-state index in [2.05, 4.69) is 9.97 Å². The molecule has 3 rings (SSSR count). The van der Waals surface area contributed by atoms with Crippen molar-refractivity contribution in [3.8, 4) is 0 Å². The summed E-state index contributed by atoms with van der Waals surface area (Å²) in [4.78, 5) is 8.32. The van der Waals surface area contributed by atoms with E-state index in [9.17, 15) is 8.78 Å². The smallest absolute Gasteiger partial charge is 0.163 e. The highest BCUT2D eigenvalue weighted by Crippen LogP contribution is 2.25. The minimum atomic E-state index is -0.917. The van der Waals surface area contributed by atoms with Gasteiger partial charge in [-0.1, -0.05) is 18.2 Å². The lowest BCUT2D eigenvalue weighted by molar-refractivity contribution is 0.494. The molecule has 3 nitrogen and oxygen atoms in total. The molecule has 0 aliphatic heterocycles. The van der Waals surface area contributed by atoms with Gasteiger partial charge in [0, 0.05) is 18.0 Å². The van der Waals surface area contributed by atoms with Crippen LogP contribution in [0.2, 0.25) is 0 Å². The van der Waals surface area contributed by atoms with Gasteiger partial charge in [0.05, 0.1) is 17.1 Å². The summed E-state index contributed by atoms with van der Waals surface area (Å²) in [5.74, 6) is -1.82. The van der Waals surface area contributed by atoms with E-state index in [0.717, 1.165) is 11.6 Å². The summed E-state index contributed by atoms with van der Waals surface area (Å²) < 4.78 is 27.0. The minimum Gasteiger partial charge on any atom is -0.320 e. The van der Waals surface area contributed by atoms with Crippen molar-refractivity contribution in [3.63, 3.8) is 0 Å². The first kappa shape index (κ1) is 12.6. The van der Waals surface area contributed by atoms with E-state index in [1.54, 1.807) is 30.6 Å². The molecule has 0 spiro atoms. The molecular weight excluding hydrogens is 260 g/mol. The monoisotopic (exact) mass is 271 g/mol. The lowest BCUT2D eigenvalue weighted by Gasteiger charge is -2.14. The van der Waals surface area contributed by atoms with E-state index in [1.807, 2.05) is 0 Å². The van der Waals surface area contributed by atoms with Gasteiger partial charge in [-0.15, -0.1) is 0 Å². The van der Waals surface area contributed by atoms with Crippen molar-refractivity contribution in [2.75, 3.05) is 0 Å². The molecule has 0 amide bonds. The molecule has 0 fully saturated rings. The molecule has 1 unspecified atom stereocenters. The van der Waals surface area contributed by atoms with Gasteiger partial charge in [-0.3, -0.25) is 9.97 Å². The highest BCUT2D eigenvalue weighted by atomic mass is 19.2. The fourth-order valence-electron chi connectivity index (χ4n) is 2.11. The van der Waals surface area contributed by atoms with Gasteiger partial charge in [0.25, 0.3) is 0 Å². The number of aromatic nitrogens is 2. The Morgan fingerprint density at radius 3 is 2.50 bits per heavy atom. The number of hydrogen-bond donors (Lipinski definition) is 1.